The summed E-state index contributed by atoms with van der Waals surface area (Å²) in [5, 5.41) is 5.72. The first-order chi connectivity index (χ1) is 16.8. The van der Waals surface area contributed by atoms with Crippen LogP contribution in [0.15, 0.2) is 66.7 Å². The van der Waals surface area contributed by atoms with Gasteiger partial charge in [-0.15, -0.1) is 0 Å². The number of carbonyl (C=O) groups excluding carboxylic acids is 4. The lowest BCUT2D eigenvalue weighted by Crippen LogP contribution is -2.32. The van der Waals surface area contributed by atoms with E-state index in [1.165, 1.54) is 4.90 Å². The van der Waals surface area contributed by atoms with Crippen molar-refractivity contribution in [1.82, 2.24) is 10.2 Å². The Hall–Kier alpha value is -4.26. The maximum Gasteiger partial charge on any atom is 0.261 e. The molecule has 0 radical (unpaired) electrons. The van der Waals surface area contributed by atoms with Crippen LogP contribution >= 0.6 is 0 Å². The van der Waals surface area contributed by atoms with E-state index in [0.29, 0.717) is 35.3 Å². The smallest absolute Gasteiger partial charge is 0.261 e. The summed E-state index contributed by atoms with van der Waals surface area (Å²) in [6, 6.07) is 19.8. The molecule has 0 bridgehead atoms. The minimum Gasteiger partial charge on any atom is -0.352 e. The van der Waals surface area contributed by atoms with Crippen LogP contribution in [-0.4, -0.2) is 35.1 Å². The van der Waals surface area contributed by atoms with Gasteiger partial charge in [0.05, 0.1) is 11.1 Å². The van der Waals surface area contributed by atoms with Gasteiger partial charge in [-0.1, -0.05) is 41.5 Å². The number of nitrogens with zero attached hydrogens (tertiary/aromatic N) is 1. The Kier molecular flexibility index (Phi) is 7.06. The van der Waals surface area contributed by atoms with Crippen LogP contribution in [0.1, 0.15) is 60.6 Å². The number of fused-ring (bicyclic) bond motifs is 1. The Morgan fingerprint density at radius 1 is 0.829 bits per heavy atom. The zero-order valence-electron chi connectivity index (χ0n) is 19.8. The number of benzene rings is 3. The number of aryl methyl sites for hydroxylation is 2. The van der Waals surface area contributed by atoms with Crippen molar-refractivity contribution in [3.05, 3.63) is 100 Å². The number of rotatable bonds is 8. The zero-order chi connectivity index (χ0) is 24.9. The van der Waals surface area contributed by atoms with Crippen molar-refractivity contribution in [2.75, 3.05) is 11.9 Å². The predicted molar refractivity (Wildman–Crippen MR) is 133 cm³/mol. The molecule has 0 fully saturated rings. The Labute approximate surface area is 204 Å². The second-order valence-electron chi connectivity index (χ2n) is 8.71. The van der Waals surface area contributed by atoms with Gasteiger partial charge in [-0.3, -0.25) is 24.1 Å². The Bertz CT molecular complexity index is 1300. The van der Waals surface area contributed by atoms with Crippen molar-refractivity contribution >= 4 is 29.3 Å². The van der Waals surface area contributed by atoms with Crippen LogP contribution in [-0.2, 0) is 11.3 Å². The van der Waals surface area contributed by atoms with Gasteiger partial charge < -0.3 is 10.6 Å². The molecular weight excluding hydrogens is 442 g/mol. The molecule has 7 heteroatoms. The molecule has 0 saturated heterocycles. The molecule has 178 valence electrons. The first-order valence-electron chi connectivity index (χ1n) is 11.5. The fraction of sp³-hybridized carbons (Fsp3) is 0.214. The Balaban J connectivity index is 1.24. The molecule has 0 spiro atoms. The van der Waals surface area contributed by atoms with Gasteiger partial charge in [-0.05, 0) is 62.2 Å². The monoisotopic (exact) mass is 469 g/mol. The molecule has 7 nitrogen and oxygen atoms in total. The van der Waals surface area contributed by atoms with Crippen LogP contribution in [0.2, 0.25) is 0 Å². The third kappa shape index (κ3) is 5.63. The van der Waals surface area contributed by atoms with Gasteiger partial charge in [0.2, 0.25) is 5.91 Å². The fourth-order valence-corrected chi connectivity index (χ4v) is 3.96. The third-order valence-corrected chi connectivity index (χ3v) is 5.90. The van der Waals surface area contributed by atoms with Gasteiger partial charge in [0.25, 0.3) is 17.7 Å². The van der Waals surface area contributed by atoms with E-state index in [1.807, 2.05) is 50.2 Å². The number of amides is 4. The first-order valence-corrected chi connectivity index (χ1v) is 11.5. The minimum atomic E-state index is -0.310. The van der Waals surface area contributed by atoms with E-state index in [0.717, 1.165) is 16.7 Å². The highest BCUT2D eigenvalue weighted by molar-refractivity contribution is 6.21. The molecule has 1 heterocycles. The quantitative estimate of drug-likeness (QED) is 0.482. The molecule has 1 aliphatic rings. The lowest BCUT2D eigenvalue weighted by molar-refractivity contribution is -0.121. The van der Waals surface area contributed by atoms with Gasteiger partial charge in [0.15, 0.2) is 0 Å². The predicted octanol–water partition coefficient (Wildman–Crippen LogP) is 4.25. The van der Waals surface area contributed by atoms with Gasteiger partial charge in [-0.25, -0.2) is 0 Å². The summed E-state index contributed by atoms with van der Waals surface area (Å²) >= 11 is 0. The maximum absolute atomic E-state index is 12.5. The lowest BCUT2D eigenvalue weighted by atomic mass is 10.1. The molecule has 3 aromatic carbocycles. The highest BCUT2D eigenvalue weighted by Gasteiger charge is 2.34. The van der Waals surface area contributed by atoms with Crippen LogP contribution in [0.4, 0.5) is 5.69 Å². The summed E-state index contributed by atoms with van der Waals surface area (Å²) in [5.41, 5.74) is 4.90. The normalized spacial score (nSPS) is 12.5. The van der Waals surface area contributed by atoms with Gasteiger partial charge >= 0.3 is 0 Å². The maximum atomic E-state index is 12.5. The van der Waals surface area contributed by atoms with E-state index in [-0.39, 0.29) is 36.6 Å². The number of hydrogen-bond acceptors (Lipinski definition) is 4. The molecule has 35 heavy (non-hydrogen) atoms. The van der Waals surface area contributed by atoms with Crippen molar-refractivity contribution in [3.63, 3.8) is 0 Å². The van der Waals surface area contributed by atoms with Crippen molar-refractivity contribution in [2.24, 2.45) is 0 Å². The van der Waals surface area contributed by atoms with Crippen LogP contribution < -0.4 is 10.6 Å². The van der Waals surface area contributed by atoms with E-state index >= 15 is 0 Å². The molecule has 4 amide bonds. The minimum absolute atomic E-state index is 0.174. The topological polar surface area (TPSA) is 95.6 Å². The molecule has 0 aliphatic carbocycles. The number of imide groups is 1. The van der Waals surface area contributed by atoms with Crippen LogP contribution in [0, 0.1) is 13.8 Å². The second-order valence-corrected chi connectivity index (χ2v) is 8.71. The SMILES string of the molecule is Cc1ccc(C(=O)Nc2cccc(CNC(=O)CCCN3C(=O)c4ccc(C)cc4C3=O)c2)cc1. The summed E-state index contributed by atoms with van der Waals surface area (Å²) in [7, 11) is 0. The third-order valence-electron chi connectivity index (χ3n) is 5.90. The number of hydrogen-bond donors (Lipinski definition) is 2. The van der Waals surface area contributed by atoms with E-state index < -0.39 is 0 Å². The molecule has 0 aromatic heterocycles. The fourth-order valence-electron chi connectivity index (χ4n) is 3.96. The lowest BCUT2D eigenvalue weighted by Gasteiger charge is -2.13. The van der Waals surface area contributed by atoms with Crippen LogP contribution in [0.3, 0.4) is 0 Å². The van der Waals surface area contributed by atoms with Gasteiger partial charge in [0.1, 0.15) is 0 Å². The summed E-state index contributed by atoms with van der Waals surface area (Å²) in [6.45, 7) is 4.34. The van der Waals surface area contributed by atoms with E-state index in [1.54, 1.807) is 30.3 Å². The molecule has 1 aliphatic heterocycles. The Morgan fingerprint density at radius 3 is 2.31 bits per heavy atom. The summed E-state index contributed by atoms with van der Waals surface area (Å²) in [4.78, 5) is 51.0. The van der Waals surface area contributed by atoms with Crippen molar-refractivity contribution < 1.29 is 19.2 Å². The number of anilines is 1. The average molecular weight is 470 g/mol. The van der Waals surface area contributed by atoms with E-state index in [9.17, 15) is 19.2 Å². The molecule has 2 N–H and O–H groups in total. The van der Waals surface area contributed by atoms with E-state index in [2.05, 4.69) is 10.6 Å². The molecule has 0 atom stereocenters. The van der Waals surface area contributed by atoms with Gasteiger partial charge in [-0.2, -0.15) is 0 Å². The largest absolute Gasteiger partial charge is 0.352 e. The summed E-state index contributed by atoms with van der Waals surface area (Å²) in [5.74, 6) is -0.991. The molecule has 0 saturated carbocycles. The average Bonchev–Trinajstić information content (AvgIpc) is 3.07. The van der Waals surface area contributed by atoms with Crippen molar-refractivity contribution in [3.8, 4) is 0 Å². The highest BCUT2D eigenvalue weighted by Crippen LogP contribution is 2.24. The van der Waals surface area contributed by atoms with Crippen molar-refractivity contribution in [1.29, 1.82) is 0 Å². The zero-order valence-corrected chi connectivity index (χ0v) is 19.8. The second kappa shape index (κ2) is 10.3. The summed E-state index contributed by atoms with van der Waals surface area (Å²) < 4.78 is 0. The molecule has 3 aromatic rings. The molecule has 4 rings (SSSR count). The summed E-state index contributed by atoms with van der Waals surface area (Å²) in [6.07, 6.45) is 0.569. The molecule has 0 unspecified atom stereocenters. The number of nitrogens with one attached hydrogen (secondary N) is 2. The van der Waals surface area contributed by atoms with Gasteiger partial charge in [0, 0.05) is 30.8 Å². The van der Waals surface area contributed by atoms with Crippen LogP contribution in [0.5, 0.6) is 0 Å². The molecular formula is C28H27N3O4. The number of carbonyl (C=O) groups is 4. The highest BCUT2D eigenvalue weighted by atomic mass is 16.2. The first kappa shape index (κ1) is 23.9. The van der Waals surface area contributed by atoms with E-state index in [4.69, 9.17) is 0 Å². The standard InChI is InChI=1S/C28H27N3O4/c1-18-8-11-21(12-9-18)26(33)30-22-6-3-5-20(16-22)17-29-25(32)7-4-14-31-27(34)23-13-10-19(2)15-24(23)28(31)35/h3,5-6,8-13,15-16H,4,7,14,17H2,1-2H3,(H,29,32)(H,30,33). The van der Waals surface area contributed by atoms with Crippen LogP contribution in [0.25, 0.3) is 0 Å². The Morgan fingerprint density at radius 2 is 1.54 bits per heavy atom. The van der Waals surface area contributed by atoms with Crippen molar-refractivity contribution in [2.45, 2.75) is 33.2 Å².